The van der Waals surface area contributed by atoms with E-state index in [-0.39, 0.29) is 11.6 Å². The molecule has 0 saturated carbocycles. The van der Waals surface area contributed by atoms with E-state index in [9.17, 15) is 4.79 Å². The van der Waals surface area contributed by atoms with Crippen molar-refractivity contribution in [3.63, 3.8) is 0 Å². The second-order valence-corrected chi connectivity index (χ2v) is 4.51. The molecule has 0 unspecified atom stereocenters. The topological polar surface area (TPSA) is 58.5 Å². The standard InChI is InChI=1S/C13H13BrN2O.C2H4O.C2H6/c1-4-5-12(15-3)13(17)16-11-7-6-10(14)8-9(11)2;1-2-3;1-2/h4-8H,1,3H2,2H3,(H,16,17);2H,1H3;1-2H3/b12-5-;;. The molecular formula is C17H23BrN2O2. The van der Waals surface area contributed by atoms with Crippen LogP contribution in [0.15, 0.2) is 52.1 Å². The van der Waals surface area contributed by atoms with Gasteiger partial charge in [-0.1, -0.05) is 42.4 Å². The Labute approximate surface area is 141 Å². The molecular weight excluding hydrogens is 344 g/mol. The molecule has 0 aliphatic heterocycles. The van der Waals surface area contributed by atoms with Crippen LogP contribution < -0.4 is 5.32 Å². The van der Waals surface area contributed by atoms with Crippen molar-refractivity contribution >= 4 is 40.5 Å². The second kappa shape index (κ2) is 13.9. The molecule has 0 heterocycles. The van der Waals surface area contributed by atoms with Gasteiger partial charge in [0, 0.05) is 10.2 Å². The fourth-order valence-electron chi connectivity index (χ4n) is 1.27. The lowest BCUT2D eigenvalue weighted by Crippen LogP contribution is -2.13. The lowest BCUT2D eigenvalue weighted by molar-refractivity contribution is -0.113. The van der Waals surface area contributed by atoms with Gasteiger partial charge in [0.15, 0.2) is 0 Å². The molecule has 1 N–H and O–H groups in total. The minimum atomic E-state index is -0.301. The van der Waals surface area contributed by atoms with E-state index in [4.69, 9.17) is 4.79 Å². The number of aldehydes is 1. The summed E-state index contributed by atoms with van der Waals surface area (Å²) in [5.41, 5.74) is 1.95. The van der Waals surface area contributed by atoms with E-state index in [2.05, 4.69) is 39.5 Å². The van der Waals surface area contributed by atoms with Gasteiger partial charge in [0.25, 0.3) is 5.91 Å². The number of amides is 1. The van der Waals surface area contributed by atoms with Crippen LogP contribution in [0.2, 0.25) is 0 Å². The molecule has 1 rings (SSSR count). The summed E-state index contributed by atoms with van der Waals surface area (Å²) in [5, 5.41) is 2.76. The van der Waals surface area contributed by atoms with Crippen LogP contribution in [0, 0.1) is 6.92 Å². The molecule has 0 radical (unpaired) electrons. The first-order valence-corrected chi connectivity index (χ1v) is 7.56. The number of aryl methyl sites for hydroxylation is 1. The zero-order valence-electron chi connectivity index (χ0n) is 13.5. The van der Waals surface area contributed by atoms with Gasteiger partial charge in [-0.3, -0.25) is 9.79 Å². The van der Waals surface area contributed by atoms with E-state index < -0.39 is 0 Å². The van der Waals surface area contributed by atoms with Crippen LogP contribution in [0.25, 0.3) is 0 Å². The minimum absolute atomic E-state index is 0.238. The van der Waals surface area contributed by atoms with Crippen LogP contribution in [0.4, 0.5) is 5.69 Å². The summed E-state index contributed by atoms with van der Waals surface area (Å²) in [6.07, 6.45) is 3.76. The maximum atomic E-state index is 11.8. The Morgan fingerprint density at radius 1 is 1.36 bits per heavy atom. The highest BCUT2D eigenvalue weighted by atomic mass is 79.9. The Bertz CT molecular complexity index is 537. The third-order valence-electron chi connectivity index (χ3n) is 2.12. The first kappa shape index (κ1) is 22.3. The van der Waals surface area contributed by atoms with Crippen LogP contribution in [0.3, 0.4) is 0 Å². The van der Waals surface area contributed by atoms with E-state index in [1.807, 2.05) is 39.0 Å². The average Bonchev–Trinajstić information content (AvgIpc) is 2.50. The number of hydrogen-bond acceptors (Lipinski definition) is 3. The van der Waals surface area contributed by atoms with E-state index in [1.54, 1.807) is 0 Å². The highest BCUT2D eigenvalue weighted by Crippen LogP contribution is 2.20. The SMILES string of the molecule is C=C/C=C(\N=C)C(=O)Nc1ccc(Br)cc1C.CC.CC=O. The van der Waals surface area contributed by atoms with Gasteiger partial charge < -0.3 is 10.1 Å². The molecule has 5 heteroatoms. The van der Waals surface area contributed by atoms with Gasteiger partial charge in [-0.2, -0.15) is 0 Å². The second-order valence-electron chi connectivity index (χ2n) is 3.59. The van der Waals surface area contributed by atoms with Gasteiger partial charge in [0.2, 0.25) is 0 Å². The molecule has 120 valence electrons. The van der Waals surface area contributed by atoms with Crippen molar-refractivity contribution in [3.8, 4) is 0 Å². The summed E-state index contributed by atoms with van der Waals surface area (Å²) in [6.45, 7) is 14.2. The number of rotatable bonds is 4. The summed E-state index contributed by atoms with van der Waals surface area (Å²) in [4.78, 5) is 24.2. The van der Waals surface area contributed by atoms with Crippen LogP contribution in [0.5, 0.6) is 0 Å². The van der Waals surface area contributed by atoms with Crippen molar-refractivity contribution in [1.82, 2.24) is 0 Å². The molecule has 0 aliphatic carbocycles. The number of carbonyl (C=O) groups excluding carboxylic acids is 2. The Balaban J connectivity index is 0. The zero-order chi connectivity index (χ0) is 17.5. The Hall–Kier alpha value is -2.01. The molecule has 0 spiro atoms. The first-order valence-electron chi connectivity index (χ1n) is 6.76. The van der Waals surface area contributed by atoms with Crippen LogP contribution >= 0.6 is 15.9 Å². The minimum Gasteiger partial charge on any atom is -0.320 e. The van der Waals surface area contributed by atoms with Crippen LogP contribution in [-0.2, 0) is 9.59 Å². The number of carbonyl (C=O) groups is 2. The predicted octanol–water partition coefficient (Wildman–Crippen LogP) is 4.70. The monoisotopic (exact) mass is 366 g/mol. The largest absolute Gasteiger partial charge is 0.320 e. The smallest absolute Gasteiger partial charge is 0.274 e. The molecule has 0 aromatic heterocycles. The summed E-state index contributed by atoms with van der Waals surface area (Å²) >= 11 is 3.36. The van der Waals surface area contributed by atoms with Gasteiger partial charge in [0.1, 0.15) is 12.0 Å². The van der Waals surface area contributed by atoms with Crippen molar-refractivity contribution in [2.75, 3.05) is 5.32 Å². The van der Waals surface area contributed by atoms with E-state index in [0.717, 1.165) is 22.0 Å². The highest BCUT2D eigenvalue weighted by Gasteiger charge is 2.08. The number of hydrogen-bond donors (Lipinski definition) is 1. The first-order chi connectivity index (χ1) is 10.5. The van der Waals surface area contributed by atoms with Gasteiger partial charge in [-0.05, 0) is 50.4 Å². The molecule has 1 aromatic rings. The fraction of sp³-hybridized carbons (Fsp3) is 0.235. The number of benzene rings is 1. The molecule has 0 saturated heterocycles. The Kier molecular flexibility index (Phi) is 14.1. The Morgan fingerprint density at radius 3 is 2.32 bits per heavy atom. The van der Waals surface area contributed by atoms with Crippen molar-refractivity contribution in [1.29, 1.82) is 0 Å². The van der Waals surface area contributed by atoms with Crippen molar-refractivity contribution in [2.24, 2.45) is 4.99 Å². The maximum Gasteiger partial charge on any atom is 0.274 e. The van der Waals surface area contributed by atoms with Crippen molar-refractivity contribution < 1.29 is 9.59 Å². The molecule has 0 aliphatic rings. The Morgan fingerprint density at radius 2 is 1.91 bits per heavy atom. The van der Waals surface area contributed by atoms with E-state index in [0.29, 0.717) is 0 Å². The molecule has 1 aromatic carbocycles. The maximum absolute atomic E-state index is 11.8. The van der Waals surface area contributed by atoms with Gasteiger partial charge in [-0.15, -0.1) is 0 Å². The van der Waals surface area contributed by atoms with Gasteiger partial charge in [0.05, 0.1) is 0 Å². The fourth-order valence-corrected chi connectivity index (χ4v) is 1.74. The molecule has 4 nitrogen and oxygen atoms in total. The number of aliphatic imine (C=N–C) groups is 1. The van der Waals surface area contributed by atoms with Crippen LogP contribution in [0.1, 0.15) is 26.3 Å². The number of halogens is 1. The quantitative estimate of drug-likeness (QED) is 0.363. The summed E-state index contributed by atoms with van der Waals surface area (Å²) in [5.74, 6) is -0.301. The molecule has 0 bridgehead atoms. The third-order valence-corrected chi connectivity index (χ3v) is 2.61. The van der Waals surface area contributed by atoms with Crippen LogP contribution in [-0.4, -0.2) is 18.9 Å². The van der Waals surface area contributed by atoms with E-state index in [1.165, 1.54) is 19.1 Å². The highest BCUT2D eigenvalue weighted by molar-refractivity contribution is 9.10. The summed E-state index contributed by atoms with van der Waals surface area (Å²) < 4.78 is 0.969. The number of anilines is 1. The molecule has 0 atom stereocenters. The lowest BCUT2D eigenvalue weighted by Gasteiger charge is -2.08. The third kappa shape index (κ3) is 9.02. The lowest BCUT2D eigenvalue weighted by atomic mass is 10.2. The number of nitrogens with zero attached hydrogens (tertiary/aromatic N) is 1. The average molecular weight is 367 g/mol. The summed E-state index contributed by atoms with van der Waals surface area (Å²) in [7, 11) is 0. The summed E-state index contributed by atoms with van der Waals surface area (Å²) in [6, 6.07) is 5.61. The van der Waals surface area contributed by atoms with Gasteiger partial charge in [-0.25, -0.2) is 0 Å². The van der Waals surface area contributed by atoms with E-state index >= 15 is 0 Å². The van der Waals surface area contributed by atoms with Gasteiger partial charge >= 0.3 is 0 Å². The van der Waals surface area contributed by atoms with Crippen molar-refractivity contribution in [3.05, 3.63) is 52.7 Å². The number of allylic oxidation sites excluding steroid dienone is 2. The molecule has 1 amide bonds. The normalized spacial score (nSPS) is 9.23. The molecule has 22 heavy (non-hydrogen) atoms. The predicted molar refractivity (Wildman–Crippen MR) is 98.4 cm³/mol. The molecule has 0 fully saturated rings. The number of nitrogens with one attached hydrogen (secondary N) is 1. The zero-order valence-corrected chi connectivity index (χ0v) is 15.1. The van der Waals surface area contributed by atoms with Crippen molar-refractivity contribution in [2.45, 2.75) is 27.7 Å².